The normalized spacial score (nSPS) is 11.8. The Bertz CT molecular complexity index is 613. The molecule has 0 fully saturated rings. The molecule has 0 saturated heterocycles. The van der Waals surface area contributed by atoms with Crippen molar-refractivity contribution in [2.45, 2.75) is 20.0 Å². The van der Waals surface area contributed by atoms with Crippen LogP contribution in [0.25, 0.3) is 0 Å². The van der Waals surface area contributed by atoms with E-state index in [-0.39, 0.29) is 5.91 Å². The van der Waals surface area contributed by atoms with Crippen LogP contribution in [-0.2, 0) is 4.79 Å². The van der Waals surface area contributed by atoms with Gasteiger partial charge in [-0.1, -0.05) is 35.9 Å². The first-order valence-electron chi connectivity index (χ1n) is 6.35. The van der Waals surface area contributed by atoms with E-state index < -0.39 is 6.10 Å². The molecule has 0 bridgehead atoms. The van der Waals surface area contributed by atoms with E-state index in [2.05, 4.69) is 5.32 Å². The van der Waals surface area contributed by atoms with E-state index in [1.54, 1.807) is 19.1 Å². The first kappa shape index (κ1) is 14.4. The lowest BCUT2D eigenvalue weighted by atomic mass is 10.2. The van der Waals surface area contributed by atoms with Crippen molar-refractivity contribution < 1.29 is 9.53 Å². The summed E-state index contributed by atoms with van der Waals surface area (Å²) in [6.07, 6.45) is -0.604. The molecule has 0 aliphatic heterocycles. The van der Waals surface area contributed by atoms with Crippen molar-refractivity contribution in [3.05, 3.63) is 59.1 Å². The fraction of sp³-hybridized carbons (Fsp3) is 0.188. The van der Waals surface area contributed by atoms with Crippen LogP contribution in [0.5, 0.6) is 5.75 Å². The number of hydrogen-bond acceptors (Lipinski definition) is 2. The summed E-state index contributed by atoms with van der Waals surface area (Å²) in [6.45, 7) is 3.68. The molecule has 3 nitrogen and oxygen atoms in total. The number of aryl methyl sites for hydroxylation is 1. The Kier molecular flexibility index (Phi) is 4.64. The van der Waals surface area contributed by atoms with Crippen molar-refractivity contribution in [3.8, 4) is 5.75 Å². The number of ether oxygens (including phenoxy) is 1. The lowest BCUT2D eigenvalue weighted by Gasteiger charge is -2.15. The standard InChI is InChI=1S/C16H16ClNO2/c1-11-6-5-7-13(10-11)20-12(2)16(19)18-15-9-4-3-8-14(15)17/h3-10,12H,1-2H3,(H,18,19)/t12-/m0/s1. The van der Waals surface area contributed by atoms with Gasteiger partial charge in [-0.3, -0.25) is 4.79 Å². The molecule has 1 amide bonds. The van der Waals surface area contributed by atoms with Crippen molar-refractivity contribution in [1.82, 2.24) is 0 Å². The van der Waals surface area contributed by atoms with Crippen molar-refractivity contribution in [2.24, 2.45) is 0 Å². The first-order chi connectivity index (χ1) is 9.56. The second kappa shape index (κ2) is 6.44. The van der Waals surface area contributed by atoms with Gasteiger partial charge in [0.05, 0.1) is 10.7 Å². The zero-order valence-electron chi connectivity index (χ0n) is 11.4. The first-order valence-corrected chi connectivity index (χ1v) is 6.73. The van der Waals surface area contributed by atoms with E-state index in [1.807, 2.05) is 43.3 Å². The van der Waals surface area contributed by atoms with Gasteiger partial charge in [-0.05, 0) is 43.7 Å². The van der Waals surface area contributed by atoms with Gasteiger partial charge in [0.25, 0.3) is 5.91 Å². The van der Waals surface area contributed by atoms with Crippen LogP contribution in [-0.4, -0.2) is 12.0 Å². The van der Waals surface area contributed by atoms with Crippen LogP contribution in [0.3, 0.4) is 0 Å². The van der Waals surface area contributed by atoms with E-state index in [0.717, 1.165) is 5.56 Å². The van der Waals surface area contributed by atoms with E-state index in [9.17, 15) is 4.79 Å². The second-order valence-electron chi connectivity index (χ2n) is 4.55. The average molecular weight is 290 g/mol. The van der Waals surface area contributed by atoms with E-state index in [4.69, 9.17) is 16.3 Å². The van der Waals surface area contributed by atoms with Crippen LogP contribution in [0, 0.1) is 6.92 Å². The number of halogens is 1. The molecule has 2 aromatic carbocycles. The molecule has 0 unspecified atom stereocenters. The molecular formula is C16H16ClNO2. The van der Waals surface area contributed by atoms with Crippen LogP contribution in [0.15, 0.2) is 48.5 Å². The summed E-state index contributed by atoms with van der Waals surface area (Å²) in [4.78, 5) is 12.1. The van der Waals surface area contributed by atoms with Gasteiger partial charge >= 0.3 is 0 Å². The predicted molar refractivity (Wildman–Crippen MR) is 81.4 cm³/mol. The SMILES string of the molecule is Cc1cccc(O[C@@H](C)C(=O)Nc2ccccc2Cl)c1. The summed E-state index contributed by atoms with van der Waals surface area (Å²) in [5, 5.41) is 3.25. The quantitative estimate of drug-likeness (QED) is 0.922. The van der Waals surface area contributed by atoms with Crippen LogP contribution >= 0.6 is 11.6 Å². The highest BCUT2D eigenvalue weighted by atomic mass is 35.5. The fourth-order valence-corrected chi connectivity index (χ4v) is 1.93. The van der Waals surface area contributed by atoms with Gasteiger partial charge < -0.3 is 10.1 Å². The number of anilines is 1. The Morgan fingerprint density at radius 3 is 2.65 bits per heavy atom. The monoisotopic (exact) mass is 289 g/mol. The minimum absolute atomic E-state index is 0.236. The maximum Gasteiger partial charge on any atom is 0.265 e. The molecule has 104 valence electrons. The number of para-hydroxylation sites is 1. The van der Waals surface area contributed by atoms with Crippen LogP contribution in [0.1, 0.15) is 12.5 Å². The van der Waals surface area contributed by atoms with Gasteiger partial charge in [0.1, 0.15) is 5.75 Å². The van der Waals surface area contributed by atoms with Gasteiger partial charge in [0.2, 0.25) is 0 Å². The zero-order valence-corrected chi connectivity index (χ0v) is 12.1. The molecule has 4 heteroatoms. The van der Waals surface area contributed by atoms with E-state index in [1.165, 1.54) is 0 Å². The molecule has 0 saturated carbocycles. The van der Waals surface area contributed by atoms with Crippen molar-refractivity contribution in [2.75, 3.05) is 5.32 Å². The molecule has 0 aliphatic rings. The third kappa shape index (κ3) is 3.75. The van der Waals surface area contributed by atoms with Gasteiger partial charge in [0, 0.05) is 0 Å². The molecule has 0 radical (unpaired) electrons. The molecule has 0 spiro atoms. The number of benzene rings is 2. The lowest BCUT2D eigenvalue weighted by Crippen LogP contribution is -2.30. The Labute approximate surface area is 123 Å². The largest absolute Gasteiger partial charge is 0.481 e. The summed E-state index contributed by atoms with van der Waals surface area (Å²) in [7, 11) is 0. The molecule has 20 heavy (non-hydrogen) atoms. The third-order valence-corrected chi connectivity index (χ3v) is 3.13. The molecule has 2 rings (SSSR count). The number of hydrogen-bond donors (Lipinski definition) is 1. The Balaban J connectivity index is 2.01. The molecule has 0 aromatic heterocycles. The third-order valence-electron chi connectivity index (χ3n) is 2.80. The fourth-order valence-electron chi connectivity index (χ4n) is 1.74. The van der Waals surface area contributed by atoms with Gasteiger partial charge in [-0.25, -0.2) is 0 Å². The minimum Gasteiger partial charge on any atom is -0.481 e. The smallest absolute Gasteiger partial charge is 0.265 e. The highest BCUT2D eigenvalue weighted by Gasteiger charge is 2.15. The van der Waals surface area contributed by atoms with Crippen molar-refractivity contribution in [1.29, 1.82) is 0 Å². The Morgan fingerprint density at radius 2 is 1.95 bits per heavy atom. The minimum atomic E-state index is -0.604. The maximum atomic E-state index is 12.1. The van der Waals surface area contributed by atoms with E-state index in [0.29, 0.717) is 16.5 Å². The highest BCUT2D eigenvalue weighted by molar-refractivity contribution is 6.33. The lowest BCUT2D eigenvalue weighted by molar-refractivity contribution is -0.122. The molecule has 0 aliphatic carbocycles. The second-order valence-corrected chi connectivity index (χ2v) is 4.95. The zero-order chi connectivity index (χ0) is 14.5. The number of carbonyl (C=O) groups is 1. The Hall–Kier alpha value is -2.00. The van der Waals surface area contributed by atoms with Crippen LogP contribution < -0.4 is 10.1 Å². The molecule has 1 atom stereocenters. The number of nitrogens with one attached hydrogen (secondary N) is 1. The molecule has 0 heterocycles. The highest BCUT2D eigenvalue weighted by Crippen LogP contribution is 2.21. The molecule has 2 aromatic rings. The summed E-state index contributed by atoms with van der Waals surface area (Å²) in [5.41, 5.74) is 1.67. The Morgan fingerprint density at radius 1 is 1.20 bits per heavy atom. The van der Waals surface area contributed by atoms with Gasteiger partial charge in [0.15, 0.2) is 6.10 Å². The van der Waals surface area contributed by atoms with Crippen molar-refractivity contribution in [3.63, 3.8) is 0 Å². The average Bonchev–Trinajstić information content (AvgIpc) is 2.41. The molecular weight excluding hydrogens is 274 g/mol. The summed E-state index contributed by atoms with van der Waals surface area (Å²) < 4.78 is 5.61. The number of amides is 1. The van der Waals surface area contributed by atoms with Crippen molar-refractivity contribution >= 4 is 23.2 Å². The van der Waals surface area contributed by atoms with Gasteiger partial charge in [-0.2, -0.15) is 0 Å². The summed E-state index contributed by atoms with van der Waals surface area (Å²) in [5.74, 6) is 0.436. The summed E-state index contributed by atoms with van der Waals surface area (Å²) in [6, 6.07) is 14.7. The summed E-state index contributed by atoms with van der Waals surface area (Å²) >= 11 is 6.00. The van der Waals surface area contributed by atoms with Crippen LogP contribution in [0.2, 0.25) is 5.02 Å². The van der Waals surface area contributed by atoms with Crippen LogP contribution in [0.4, 0.5) is 5.69 Å². The maximum absolute atomic E-state index is 12.1. The molecule has 1 N–H and O–H groups in total. The van der Waals surface area contributed by atoms with Gasteiger partial charge in [-0.15, -0.1) is 0 Å². The predicted octanol–water partition coefficient (Wildman–Crippen LogP) is 4.05. The number of carbonyl (C=O) groups excluding carboxylic acids is 1. The topological polar surface area (TPSA) is 38.3 Å². The number of rotatable bonds is 4. The van der Waals surface area contributed by atoms with E-state index >= 15 is 0 Å².